The summed E-state index contributed by atoms with van der Waals surface area (Å²) in [4.78, 5) is 0. The van der Waals surface area contributed by atoms with Gasteiger partial charge < -0.3 is 5.32 Å². The molecule has 0 aliphatic heterocycles. The quantitative estimate of drug-likeness (QED) is 0.457. The van der Waals surface area contributed by atoms with Crippen LogP contribution in [0.4, 0.5) is 0 Å². The van der Waals surface area contributed by atoms with Crippen LogP contribution in [0, 0.1) is 6.92 Å². The molecule has 0 fully saturated rings. The molecular weight excluding hydrogens is 290 g/mol. The SMILES string of the molecule is C=CCCc1ccc(C(CCCC(=C)C)CNCC(=C)C)cc1C. The van der Waals surface area contributed by atoms with Gasteiger partial charge in [0.05, 0.1) is 0 Å². The fraction of sp³-hybridized carbons (Fsp3) is 0.478. The number of nitrogens with one attached hydrogen (secondary N) is 1. The van der Waals surface area contributed by atoms with Crippen LogP contribution < -0.4 is 5.32 Å². The summed E-state index contributed by atoms with van der Waals surface area (Å²) in [6, 6.07) is 7.00. The van der Waals surface area contributed by atoms with Gasteiger partial charge in [-0.15, -0.1) is 13.2 Å². The fourth-order valence-electron chi connectivity index (χ4n) is 3.01. The highest BCUT2D eigenvalue weighted by Gasteiger charge is 2.12. The first kappa shape index (κ1) is 20.4. The Morgan fingerprint density at radius 2 is 1.96 bits per heavy atom. The molecule has 1 N–H and O–H groups in total. The minimum absolute atomic E-state index is 0.552. The molecule has 0 aromatic heterocycles. The third-order valence-electron chi connectivity index (χ3n) is 4.43. The van der Waals surface area contributed by atoms with Crippen LogP contribution in [0.25, 0.3) is 0 Å². The van der Waals surface area contributed by atoms with Crippen molar-refractivity contribution >= 4 is 0 Å². The predicted molar refractivity (Wildman–Crippen MR) is 109 cm³/mol. The molecule has 0 aliphatic rings. The Labute approximate surface area is 149 Å². The standard InChI is InChI=1S/C23H35N/c1-7-8-11-21-13-14-22(15-20(21)6)23(12-9-10-18(2)3)17-24-16-19(4)5/h7,13-15,23-24H,1-2,4,8-12,16-17H2,3,5-6H3. The van der Waals surface area contributed by atoms with Crippen LogP contribution in [0.2, 0.25) is 0 Å². The van der Waals surface area contributed by atoms with Gasteiger partial charge in [0.2, 0.25) is 0 Å². The summed E-state index contributed by atoms with van der Waals surface area (Å²) < 4.78 is 0. The van der Waals surface area contributed by atoms with Crippen molar-refractivity contribution in [2.24, 2.45) is 0 Å². The molecule has 132 valence electrons. The Bertz CT molecular complexity index is 533. The van der Waals surface area contributed by atoms with E-state index in [1.165, 1.54) is 40.7 Å². The van der Waals surface area contributed by atoms with Gasteiger partial charge in [-0.2, -0.15) is 0 Å². The first-order chi connectivity index (χ1) is 11.4. The van der Waals surface area contributed by atoms with Crippen LogP contribution in [-0.2, 0) is 6.42 Å². The number of hydrogen-bond donors (Lipinski definition) is 1. The molecule has 1 atom stereocenters. The first-order valence-corrected chi connectivity index (χ1v) is 9.13. The molecule has 1 unspecified atom stereocenters. The maximum absolute atomic E-state index is 4.03. The third kappa shape index (κ3) is 7.79. The summed E-state index contributed by atoms with van der Waals surface area (Å²) in [5, 5.41) is 3.55. The Balaban J connectivity index is 2.78. The largest absolute Gasteiger partial charge is 0.312 e. The van der Waals surface area contributed by atoms with Gasteiger partial charge in [0.15, 0.2) is 0 Å². The normalized spacial score (nSPS) is 12.0. The van der Waals surface area contributed by atoms with Crippen LogP contribution in [-0.4, -0.2) is 13.1 Å². The van der Waals surface area contributed by atoms with Crippen molar-refractivity contribution in [1.82, 2.24) is 5.32 Å². The number of allylic oxidation sites excluding steroid dienone is 2. The van der Waals surface area contributed by atoms with Crippen molar-refractivity contribution in [3.8, 4) is 0 Å². The molecule has 0 aliphatic carbocycles. The van der Waals surface area contributed by atoms with Crippen molar-refractivity contribution in [3.05, 3.63) is 71.8 Å². The maximum Gasteiger partial charge on any atom is 0.0159 e. The van der Waals surface area contributed by atoms with Gasteiger partial charge in [-0.05, 0) is 75.5 Å². The molecule has 0 heterocycles. The van der Waals surface area contributed by atoms with Crippen LogP contribution >= 0.6 is 0 Å². The molecule has 1 nitrogen and oxygen atoms in total. The predicted octanol–water partition coefficient (Wildman–Crippen LogP) is 6.11. The molecule has 1 aromatic carbocycles. The number of rotatable bonds is 12. The molecule has 0 radical (unpaired) electrons. The highest BCUT2D eigenvalue weighted by molar-refractivity contribution is 5.33. The van der Waals surface area contributed by atoms with Crippen LogP contribution in [0.1, 0.15) is 62.1 Å². The van der Waals surface area contributed by atoms with E-state index in [0.717, 1.165) is 32.4 Å². The smallest absolute Gasteiger partial charge is 0.0159 e. The molecule has 1 heteroatoms. The monoisotopic (exact) mass is 325 g/mol. The molecule has 1 aromatic rings. The molecule has 24 heavy (non-hydrogen) atoms. The summed E-state index contributed by atoms with van der Waals surface area (Å²) in [5.74, 6) is 0.552. The van der Waals surface area contributed by atoms with Gasteiger partial charge in [0.1, 0.15) is 0 Å². The van der Waals surface area contributed by atoms with Crippen molar-refractivity contribution < 1.29 is 0 Å². The van der Waals surface area contributed by atoms with Gasteiger partial charge in [0, 0.05) is 13.1 Å². The lowest BCUT2D eigenvalue weighted by Crippen LogP contribution is -2.23. The average Bonchev–Trinajstić information content (AvgIpc) is 2.51. The molecule has 0 saturated carbocycles. The second kappa shape index (κ2) is 11.0. The van der Waals surface area contributed by atoms with Crippen molar-refractivity contribution in [3.63, 3.8) is 0 Å². The molecule has 0 saturated heterocycles. The average molecular weight is 326 g/mol. The summed E-state index contributed by atoms with van der Waals surface area (Å²) in [6.45, 7) is 20.2. The topological polar surface area (TPSA) is 12.0 Å². The molecule has 0 spiro atoms. The summed E-state index contributed by atoms with van der Waals surface area (Å²) in [7, 11) is 0. The fourth-order valence-corrected chi connectivity index (χ4v) is 3.01. The Morgan fingerprint density at radius 3 is 2.54 bits per heavy atom. The molecule has 0 bridgehead atoms. The van der Waals surface area contributed by atoms with E-state index >= 15 is 0 Å². The van der Waals surface area contributed by atoms with Gasteiger partial charge in [-0.25, -0.2) is 0 Å². The van der Waals surface area contributed by atoms with E-state index in [0.29, 0.717) is 5.92 Å². The maximum atomic E-state index is 4.03. The zero-order valence-electron chi connectivity index (χ0n) is 16.0. The summed E-state index contributed by atoms with van der Waals surface area (Å²) in [5.41, 5.74) is 6.76. The van der Waals surface area contributed by atoms with E-state index in [1.54, 1.807) is 0 Å². The number of aryl methyl sites for hydroxylation is 2. The summed E-state index contributed by atoms with van der Waals surface area (Å²) in [6.07, 6.45) is 7.64. The molecular formula is C23H35N. The van der Waals surface area contributed by atoms with Crippen molar-refractivity contribution in [1.29, 1.82) is 0 Å². The lowest BCUT2D eigenvalue weighted by Gasteiger charge is -2.20. The minimum Gasteiger partial charge on any atom is -0.312 e. The van der Waals surface area contributed by atoms with Gasteiger partial charge >= 0.3 is 0 Å². The van der Waals surface area contributed by atoms with Crippen LogP contribution in [0.3, 0.4) is 0 Å². The first-order valence-electron chi connectivity index (χ1n) is 9.13. The van der Waals surface area contributed by atoms with E-state index in [9.17, 15) is 0 Å². The Kier molecular flexibility index (Phi) is 9.41. The Hall–Kier alpha value is -1.60. The van der Waals surface area contributed by atoms with Gasteiger partial charge in [0.25, 0.3) is 0 Å². The van der Waals surface area contributed by atoms with Crippen LogP contribution in [0.15, 0.2) is 55.2 Å². The Morgan fingerprint density at radius 1 is 1.21 bits per heavy atom. The van der Waals surface area contributed by atoms with Crippen molar-refractivity contribution in [2.45, 2.75) is 58.8 Å². The molecule has 1 rings (SSSR count). The third-order valence-corrected chi connectivity index (χ3v) is 4.43. The molecule has 0 amide bonds. The minimum atomic E-state index is 0.552. The number of benzene rings is 1. The highest BCUT2D eigenvalue weighted by atomic mass is 14.9. The zero-order chi connectivity index (χ0) is 17.9. The van der Waals surface area contributed by atoms with Gasteiger partial charge in [-0.3, -0.25) is 0 Å². The van der Waals surface area contributed by atoms with Crippen LogP contribution in [0.5, 0.6) is 0 Å². The lowest BCUT2D eigenvalue weighted by molar-refractivity contribution is 0.545. The lowest BCUT2D eigenvalue weighted by atomic mass is 9.89. The van der Waals surface area contributed by atoms with Crippen molar-refractivity contribution in [2.75, 3.05) is 13.1 Å². The van der Waals surface area contributed by atoms with E-state index in [-0.39, 0.29) is 0 Å². The summed E-state index contributed by atoms with van der Waals surface area (Å²) >= 11 is 0. The number of hydrogen-bond acceptors (Lipinski definition) is 1. The van der Waals surface area contributed by atoms with E-state index in [2.05, 4.69) is 64.0 Å². The van der Waals surface area contributed by atoms with E-state index in [4.69, 9.17) is 0 Å². The highest BCUT2D eigenvalue weighted by Crippen LogP contribution is 2.25. The second-order valence-electron chi connectivity index (χ2n) is 7.15. The van der Waals surface area contributed by atoms with E-state index in [1.807, 2.05) is 6.08 Å². The van der Waals surface area contributed by atoms with Gasteiger partial charge in [-0.1, -0.05) is 42.0 Å². The zero-order valence-corrected chi connectivity index (χ0v) is 16.0. The second-order valence-corrected chi connectivity index (χ2v) is 7.15. The van der Waals surface area contributed by atoms with E-state index < -0.39 is 0 Å².